The Labute approximate surface area is 110 Å². The van der Waals surface area contributed by atoms with Crippen LogP contribution in [0.1, 0.15) is 18.9 Å². The first kappa shape index (κ1) is 12.8. The monoisotopic (exact) mass is 264 g/mol. The van der Waals surface area contributed by atoms with Gasteiger partial charge in [0.05, 0.1) is 6.61 Å². The van der Waals surface area contributed by atoms with Crippen LogP contribution in [0.5, 0.6) is 5.75 Å². The lowest BCUT2D eigenvalue weighted by molar-refractivity contribution is 0.317. The summed E-state index contributed by atoms with van der Waals surface area (Å²) in [6.07, 6.45) is 2.51. The fraction of sp³-hybridized carbons (Fsp3) is 0.333. The molecule has 0 unspecified atom stereocenters. The average Bonchev–Trinajstić information content (AvgIpc) is 2.81. The number of nitrogens with two attached hydrogens (primary N) is 1. The molecule has 0 aliphatic rings. The standard InChI is InChI=1S/C12H16N4OS/c1-2-7-17-11-5-3-10(4-6-11)8-18-12-15-14-9-16(12)13/h3-6,9H,2,7-8,13H2,1H3. The molecule has 1 heterocycles. The maximum Gasteiger partial charge on any atom is 0.209 e. The van der Waals surface area contributed by atoms with Crippen LogP contribution in [0, 0.1) is 0 Å². The molecule has 0 saturated heterocycles. The normalized spacial score (nSPS) is 10.5. The van der Waals surface area contributed by atoms with Crippen LogP contribution in [-0.4, -0.2) is 21.5 Å². The molecule has 0 radical (unpaired) electrons. The summed E-state index contributed by atoms with van der Waals surface area (Å²) in [5.74, 6) is 7.35. The van der Waals surface area contributed by atoms with Crippen molar-refractivity contribution >= 4 is 11.8 Å². The maximum atomic E-state index is 5.63. The summed E-state index contributed by atoms with van der Waals surface area (Å²) in [6.45, 7) is 2.85. The minimum absolute atomic E-state index is 0.710. The van der Waals surface area contributed by atoms with E-state index < -0.39 is 0 Å². The van der Waals surface area contributed by atoms with Crippen LogP contribution >= 0.6 is 11.8 Å². The van der Waals surface area contributed by atoms with E-state index in [1.54, 1.807) is 11.8 Å². The van der Waals surface area contributed by atoms with Crippen LogP contribution < -0.4 is 10.6 Å². The number of rotatable bonds is 6. The minimum Gasteiger partial charge on any atom is -0.494 e. The van der Waals surface area contributed by atoms with Gasteiger partial charge in [0.2, 0.25) is 5.16 Å². The smallest absolute Gasteiger partial charge is 0.209 e. The van der Waals surface area contributed by atoms with Crippen LogP contribution in [0.15, 0.2) is 35.7 Å². The molecule has 1 aromatic heterocycles. The number of aromatic nitrogens is 3. The molecule has 2 N–H and O–H groups in total. The summed E-state index contributed by atoms with van der Waals surface area (Å²) in [5, 5.41) is 8.35. The zero-order chi connectivity index (χ0) is 12.8. The minimum atomic E-state index is 0.710. The molecule has 5 nitrogen and oxygen atoms in total. The van der Waals surface area contributed by atoms with Crippen molar-refractivity contribution in [3.05, 3.63) is 36.2 Å². The lowest BCUT2D eigenvalue weighted by atomic mass is 10.2. The molecule has 0 aliphatic carbocycles. The topological polar surface area (TPSA) is 66.0 Å². The summed E-state index contributed by atoms with van der Waals surface area (Å²) >= 11 is 1.55. The molecule has 0 atom stereocenters. The van der Waals surface area contributed by atoms with Crippen molar-refractivity contribution in [1.82, 2.24) is 14.9 Å². The van der Waals surface area contributed by atoms with Crippen molar-refractivity contribution in [2.75, 3.05) is 12.4 Å². The molecular formula is C12H16N4OS. The molecule has 2 rings (SSSR count). The van der Waals surface area contributed by atoms with Crippen LogP contribution in [0.3, 0.4) is 0 Å². The highest BCUT2D eigenvalue weighted by Crippen LogP contribution is 2.21. The molecule has 6 heteroatoms. The van der Waals surface area contributed by atoms with Gasteiger partial charge in [-0.15, -0.1) is 10.2 Å². The molecular weight excluding hydrogens is 248 g/mol. The van der Waals surface area contributed by atoms with Crippen molar-refractivity contribution in [2.45, 2.75) is 24.3 Å². The van der Waals surface area contributed by atoms with Gasteiger partial charge in [-0.2, -0.15) is 0 Å². The zero-order valence-electron chi connectivity index (χ0n) is 10.2. The number of nitrogens with zero attached hydrogens (tertiary/aromatic N) is 3. The highest BCUT2D eigenvalue weighted by atomic mass is 32.2. The van der Waals surface area contributed by atoms with Crippen molar-refractivity contribution in [3.8, 4) is 5.75 Å². The Bertz CT molecular complexity index is 483. The lowest BCUT2D eigenvalue weighted by Crippen LogP contribution is -2.07. The van der Waals surface area contributed by atoms with Gasteiger partial charge < -0.3 is 10.6 Å². The third kappa shape index (κ3) is 3.40. The average molecular weight is 264 g/mol. The van der Waals surface area contributed by atoms with E-state index in [0.29, 0.717) is 5.16 Å². The van der Waals surface area contributed by atoms with Gasteiger partial charge in [-0.05, 0) is 24.1 Å². The van der Waals surface area contributed by atoms with E-state index in [9.17, 15) is 0 Å². The third-order valence-electron chi connectivity index (χ3n) is 2.30. The zero-order valence-corrected chi connectivity index (χ0v) is 11.1. The fourth-order valence-electron chi connectivity index (χ4n) is 1.38. The van der Waals surface area contributed by atoms with Gasteiger partial charge in [-0.25, -0.2) is 4.68 Å². The van der Waals surface area contributed by atoms with E-state index in [4.69, 9.17) is 10.6 Å². The van der Waals surface area contributed by atoms with Crippen LogP contribution in [-0.2, 0) is 5.75 Å². The van der Waals surface area contributed by atoms with Crippen LogP contribution in [0.4, 0.5) is 0 Å². The van der Waals surface area contributed by atoms with Gasteiger partial charge in [0.15, 0.2) is 0 Å². The van der Waals surface area contributed by atoms with Crippen molar-refractivity contribution in [2.24, 2.45) is 0 Å². The van der Waals surface area contributed by atoms with E-state index >= 15 is 0 Å². The van der Waals surface area contributed by atoms with Gasteiger partial charge in [-0.1, -0.05) is 30.8 Å². The fourth-order valence-corrected chi connectivity index (χ4v) is 2.17. The Kier molecular flexibility index (Phi) is 4.46. The van der Waals surface area contributed by atoms with Crippen LogP contribution in [0.25, 0.3) is 0 Å². The van der Waals surface area contributed by atoms with E-state index in [1.165, 1.54) is 16.6 Å². The molecule has 0 saturated carbocycles. The molecule has 2 aromatic rings. The third-order valence-corrected chi connectivity index (χ3v) is 3.33. The van der Waals surface area contributed by atoms with Crippen molar-refractivity contribution in [1.29, 1.82) is 0 Å². The summed E-state index contributed by atoms with van der Waals surface area (Å²) < 4.78 is 6.95. The van der Waals surface area contributed by atoms with E-state index in [0.717, 1.165) is 24.5 Å². The Hall–Kier alpha value is -1.69. The molecule has 96 valence electrons. The van der Waals surface area contributed by atoms with E-state index in [-0.39, 0.29) is 0 Å². The highest BCUT2D eigenvalue weighted by Gasteiger charge is 2.03. The molecule has 18 heavy (non-hydrogen) atoms. The number of hydrogen-bond acceptors (Lipinski definition) is 5. The number of hydrogen-bond donors (Lipinski definition) is 1. The first-order valence-electron chi connectivity index (χ1n) is 5.79. The van der Waals surface area contributed by atoms with Crippen molar-refractivity contribution < 1.29 is 4.74 Å². The second-order valence-electron chi connectivity index (χ2n) is 3.80. The molecule has 0 fully saturated rings. The summed E-state index contributed by atoms with van der Waals surface area (Å²) in [6, 6.07) is 8.07. The number of benzene rings is 1. The Balaban J connectivity index is 1.88. The second-order valence-corrected chi connectivity index (χ2v) is 4.74. The van der Waals surface area contributed by atoms with Gasteiger partial charge in [0, 0.05) is 5.75 Å². The highest BCUT2D eigenvalue weighted by molar-refractivity contribution is 7.98. The predicted molar refractivity (Wildman–Crippen MR) is 72.0 cm³/mol. The quantitative estimate of drug-likeness (QED) is 0.639. The van der Waals surface area contributed by atoms with Gasteiger partial charge in [0.25, 0.3) is 0 Å². The van der Waals surface area contributed by atoms with Gasteiger partial charge >= 0.3 is 0 Å². The molecule has 0 bridgehead atoms. The largest absolute Gasteiger partial charge is 0.494 e. The summed E-state index contributed by atoms with van der Waals surface area (Å²) in [5.41, 5.74) is 1.20. The SMILES string of the molecule is CCCOc1ccc(CSc2nncn2N)cc1. The molecule has 0 aliphatic heterocycles. The summed E-state index contributed by atoms with van der Waals surface area (Å²) in [7, 11) is 0. The van der Waals surface area contributed by atoms with E-state index in [1.807, 2.05) is 12.1 Å². The summed E-state index contributed by atoms with van der Waals surface area (Å²) in [4.78, 5) is 0. The molecule has 1 aromatic carbocycles. The van der Waals surface area contributed by atoms with Gasteiger partial charge in [0.1, 0.15) is 12.1 Å². The predicted octanol–water partition coefficient (Wildman–Crippen LogP) is 2.07. The Morgan fingerprint density at radius 3 is 2.72 bits per heavy atom. The molecule has 0 amide bonds. The Morgan fingerprint density at radius 1 is 1.33 bits per heavy atom. The first-order chi connectivity index (χ1) is 8.79. The molecule has 0 spiro atoms. The van der Waals surface area contributed by atoms with Crippen molar-refractivity contribution in [3.63, 3.8) is 0 Å². The number of thioether (sulfide) groups is 1. The maximum absolute atomic E-state index is 5.63. The second kappa shape index (κ2) is 6.30. The van der Waals surface area contributed by atoms with Gasteiger partial charge in [-0.3, -0.25) is 0 Å². The number of nitrogen functional groups attached to an aromatic ring is 1. The first-order valence-corrected chi connectivity index (χ1v) is 6.78. The Morgan fingerprint density at radius 2 is 2.11 bits per heavy atom. The number of ether oxygens (including phenoxy) is 1. The van der Waals surface area contributed by atoms with Crippen LogP contribution in [0.2, 0.25) is 0 Å². The lowest BCUT2D eigenvalue weighted by Gasteiger charge is -2.05. The van der Waals surface area contributed by atoms with E-state index in [2.05, 4.69) is 29.3 Å².